The molecule has 3 heteroatoms. The van der Waals surface area contributed by atoms with Crippen LogP contribution in [0.1, 0.15) is 26.2 Å². The minimum absolute atomic E-state index is 0.527. The lowest BCUT2D eigenvalue weighted by molar-refractivity contribution is 0.123. The van der Waals surface area contributed by atoms with Crippen LogP contribution in [0.3, 0.4) is 0 Å². The van der Waals surface area contributed by atoms with E-state index >= 15 is 0 Å². The van der Waals surface area contributed by atoms with Crippen LogP contribution >= 0.6 is 0 Å². The summed E-state index contributed by atoms with van der Waals surface area (Å²) in [5, 5.41) is 3.56. The van der Waals surface area contributed by atoms with Crippen LogP contribution in [0.5, 0.6) is 0 Å². The molecule has 16 heavy (non-hydrogen) atoms. The normalized spacial score (nSPS) is 26.6. The van der Waals surface area contributed by atoms with Crippen LogP contribution in [-0.4, -0.2) is 63.7 Å². The SMILES string of the molecule is CCC1(CN(C)CCN(C)C)CCCNC1. The minimum atomic E-state index is 0.527. The van der Waals surface area contributed by atoms with Crippen molar-refractivity contribution in [2.24, 2.45) is 5.41 Å². The Balaban J connectivity index is 2.36. The summed E-state index contributed by atoms with van der Waals surface area (Å²) in [4.78, 5) is 4.75. The van der Waals surface area contributed by atoms with Crippen LogP contribution in [0, 0.1) is 5.41 Å². The Morgan fingerprint density at radius 3 is 2.44 bits per heavy atom. The van der Waals surface area contributed by atoms with Gasteiger partial charge in [0.05, 0.1) is 0 Å². The van der Waals surface area contributed by atoms with Crippen LogP contribution < -0.4 is 5.32 Å². The molecule has 1 heterocycles. The van der Waals surface area contributed by atoms with E-state index in [9.17, 15) is 0 Å². The molecule has 1 fully saturated rings. The number of nitrogens with one attached hydrogen (secondary N) is 1. The maximum Gasteiger partial charge on any atom is 0.0106 e. The van der Waals surface area contributed by atoms with Crippen molar-refractivity contribution in [3.8, 4) is 0 Å². The third kappa shape index (κ3) is 4.40. The van der Waals surface area contributed by atoms with E-state index in [-0.39, 0.29) is 0 Å². The highest BCUT2D eigenvalue weighted by Crippen LogP contribution is 2.30. The summed E-state index contributed by atoms with van der Waals surface area (Å²) in [6.45, 7) is 8.33. The van der Waals surface area contributed by atoms with Gasteiger partial charge in [-0.25, -0.2) is 0 Å². The van der Waals surface area contributed by atoms with Gasteiger partial charge < -0.3 is 15.1 Å². The fourth-order valence-electron chi connectivity index (χ4n) is 2.60. The zero-order valence-electron chi connectivity index (χ0n) is 11.6. The molecule has 1 N–H and O–H groups in total. The lowest BCUT2D eigenvalue weighted by Gasteiger charge is -2.40. The summed E-state index contributed by atoms with van der Waals surface area (Å²) in [6, 6.07) is 0. The number of hydrogen-bond donors (Lipinski definition) is 1. The van der Waals surface area contributed by atoms with Gasteiger partial charge in [0.2, 0.25) is 0 Å². The van der Waals surface area contributed by atoms with Crippen LogP contribution in [0.15, 0.2) is 0 Å². The largest absolute Gasteiger partial charge is 0.316 e. The predicted molar refractivity (Wildman–Crippen MR) is 70.9 cm³/mol. The summed E-state index contributed by atoms with van der Waals surface area (Å²) >= 11 is 0. The average Bonchev–Trinajstić information content (AvgIpc) is 2.28. The highest BCUT2D eigenvalue weighted by Gasteiger charge is 2.31. The molecule has 96 valence electrons. The van der Waals surface area contributed by atoms with E-state index in [4.69, 9.17) is 0 Å². The summed E-state index contributed by atoms with van der Waals surface area (Å²) in [7, 11) is 6.55. The highest BCUT2D eigenvalue weighted by atomic mass is 15.2. The second kappa shape index (κ2) is 6.58. The first-order chi connectivity index (χ1) is 7.58. The molecule has 0 amide bonds. The van der Waals surface area contributed by atoms with Gasteiger partial charge in [-0.3, -0.25) is 0 Å². The number of rotatable bonds is 6. The van der Waals surface area contributed by atoms with E-state index in [1.807, 2.05) is 0 Å². The van der Waals surface area contributed by atoms with Crippen molar-refractivity contribution in [1.82, 2.24) is 15.1 Å². The summed E-state index contributed by atoms with van der Waals surface area (Å²) in [5.41, 5.74) is 0.527. The fourth-order valence-corrected chi connectivity index (χ4v) is 2.60. The molecule has 0 aromatic heterocycles. The van der Waals surface area contributed by atoms with Gasteiger partial charge in [0, 0.05) is 26.2 Å². The molecule has 0 aliphatic carbocycles. The van der Waals surface area contributed by atoms with Gasteiger partial charge in [-0.15, -0.1) is 0 Å². The van der Waals surface area contributed by atoms with Gasteiger partial charge in [-0.05, 0) is 52.4 Å². The second-order valence-corrected chi connectivity index (χ2v) is 5.67. The number of likely N-dealkylation sites (N-methyl/N-ethyl adjacent to an activating group) is 2. The third-order valence-corrected chi connectivity index (χ3v) is 3.84. The van der Waals surface area contributed by atoms with Gasteiger partial charge in [0.1, 0.15) is 0 Å². The van der Waals surface area contributed by atoms with E-state index in [1.165, 1.54) is 45.4 Å². The Kier molecular flexibility index (Phi) is 5.73. The van der Waals surface area contributed by atoms with E-state index in [2.05, 4.69) is 43.2 Å². The van der Waals surface area contributed by atoms with E-state index in [0.717, 1.165) is 6.54 Å². The molecule has 1 aliphatic heterocycles. The second-order valence-electron chi connectivity index (χ2n) is 5.67. The van der Waals surface area contributed by atoms with Crippen molar-refractivity contribution < 1.29 is 0 Å². The number of piperidine rings is 1. The van der Waals surface area contributed by atoms with Gasteiger partial charge in [0.25, 0.3) is 0 Å². The minimum Gasteiger partial charge on any atom is -0.316 e. The summed E-state index contributed by atoms with van der Waals surface area (Å²) < 4.78 is 0. The molecule has 0 bridgehead atoms. The maximum absolute atomic E-state index is 3.56. The molecule has 0 saturated carbocycles. The third-order valence-electron chi connectivity index (χ3n) is 3.84. The van der Waals surface area contributed by atoms with E-state index in [1.54, 1.807) is 0 Å². The van der Waals surface area contributed by atoms with Crippen molar-refractivity contribution in [3.63, 3.8) is 0 Å². The van der Waals surface area contributed by atoms with Crippen LogP contribution in [-0.2, 0) is 0 Å². The van der Waals surface area contributed by atoms with Crippen molar-refractivity contribution >= 4 is 0 Å². The van der Waals surface area contributed by atoms with Crippen molar-refractivity contribution in [2.75, 3.05) is 53.9 Å². The molecule has 0 aromatic carbocycles. The molecular weight excluding hydrogens is 198 g/mol. The zero-order valence-corrected chi connectivity index (χ0v) is 11.6. The molecule has 1 aliphatic rings. The van der Waals surface area contributed by atoms with E-state index in [0.29, 0.717) is 5.41 Å². The lowest BCUT2D eigenvalue weighted by Crippen LogP contribution is -2.47. The van der Waals surface area contributed by atoms with Crippen LogP contribution in [0.2, 0.25) is 0 Å². The Morgan fingerprint density at radius 2 is 1.94 bits per heavy atom. The first kappa shape index (κ1) is 13.9. The van der Waals surface area contributed by atoms with Crippen molar-refractivity contribution in [2.45, 2.75) is 26.2 Å². The Labute approximate surface area is 101 Å². The van der Waals surface area contributed by atoms with Crippen LogP contribution in [0.4, 0.5) is 0 Å². The Bertz CT molecular complexity index is 186. The zero-order chi connectivity index (χ0) is 12.0. The molecule has 0 aromatic rings. The number of hydrogen-bond acceptors (Lipinski definition) is 3. The molecule has 1 rings (SSSR count). The smallest absolute Gasteiger partial charge is 0.0106 e. The quantitative estimate of drug-likeness (QED) is 0.737. The summed E-state index contributed by atoms with van der Waals surface area (Å²) in [6.07, 6.45) is 4.03. The Hall–Kier alpha value is -0.120. The van der Waals surface area contributed by atoms with Crippen molar-refractivity contribution in [3.05, 3.63) is 0 Å². The monoisotopic (exact) mass is 227 g/mol. The first-order valence-corrected chi connectivity index (χ1v) is 6.62. The first-order valence-electron chi connectivity index (χ1n) is 6.62. The maximum atomic E-state index is 3.56. The fraction of sp³-hybridized carbons (Fsp3) is 1.00. The molecule has 3 nitrogen and oxygen atoms in total. The molecule has 1 atom stereocenters. The van der Waals surface area contributed by atoms with Crippen LogP contribution in [0.25, 0.3) is 0 Å². The highest BCUT2D eigenvalue weighted by molar-refractivity contribution is 4.86. The van der Waals surface area contributed by atoms with Gasteiger partial charge in [-0.2, -0.15) is 0 Å². The standard InChI is InChI=1S/C13H29N3/c1-5-13(7-6-8-14-11-13)12-16(4)10-9-15(2)3/h14H,5-12H2,1-4H3. The van der Waals surface area contributed by atoms with Gasteiger partial charge >= 0.3 is 0 Å². The molecule has 0 spiro atoms. The van der Waals surface area contributed by atoms with Gasteiger partial charge in [-0.1, -0.05) is 6.92 Å². The Morgan fingerprint density at radius 1 is 1.19 bits per heavy atom. The number of nitrogens with zero attached hydrogens (tertiary/aromatic N) is 2. The van der Waals surface area contributed by atoms with E-state index < -0.39 is 0 Å². The predicted octanol–water partition coefficient (Wildman–Crippen LogP) is 1.26. The molecule has 1 unspecified atom stereocenters. The van der Waals surface area contributed by atoms with Gasteiger partial charge in [0.15, 0.2) is 0 Å². The van der Waals surface area contributed by atoms with Crippen molar-refractivity contribution in [1.29, 1.82) is 0 Å². The average molecular weight is 227 g/mol. The molecule has 0 radical (unpaired) electrons. The lowest BCUT2D eigenvalue weighted by atomic mass is 9.78. The molecular formula is C13H29N3. The topological polar surface area (TPSA) is 18.5 Å². The summed E-state index contributed by atoms with van der Waals surface area (Å²) in [5.74, 6) is 0. The molecule has 1 saturated heterocycles.